The molecule has 0 heterocycles. The molecule has 116 valence electrons. The average molecular weight is 314 g/mol. The minimum absolute atomic E-state index is 0.102. The zero-order valence-electron chi connectivity index (χ0n) is 13.0. The van der Waals surface area contributed by atoms with Crippen molar-refractivity contribution in [2.45, 2.75) is 36.2 Å². The van der Waals surface area contributed by atoms with Crippen molar-refractivity contribution in [3.8, 4) is 0 Å². The molecule has 0 radical (unpaired) electrons. The number of benzene rings is 2. The minimum Gasteiger partial charge on any atom is -0.351 e. The van der Waals surface area contributed by atoms with Crippen molar-refractivity contribution < 1.29 is 4.79 Å². The van der Waals surface area contributed by atoms with E-state index in [1.54, 1.807) is 11.8 Å². The summed E-state index contributed by atoms with van der Waals surface area (Å²) in [6.07, 6.45) is 0. The lowest BCUT2D eigenvalue weighted by molar-refractivity contribution is -0.123. The van der Waals surface area contributed by atoms with Gasteiger partial charge in [0.1, 0.15) is 0 Å². The number of nitrogens with two attached hydrogens (primary N) is 1. The van der Waals surface area contributed by atoms with Crippen LogP contribution in [0.5, 0.6) is 0 Å². The maximum Gasteiger partial charge on any atom is 0.237 e. The van der Waals surface area contributed by atoms with E-state index >= 15 is 0 Å². The Labute approximate surface area is 136 Å². The Kier molecular flexibility index (Phi) is 6.04. The van der Waals surface area contributed by atoms with Gasteiger partial charge in [-0.2, -0.15) is 0 Å². The fourth-order valence-corrected chi connectivity index (χ4v) is 2.93. The average Bonchev–Trinajstić information content (AvgIpc) is 2.54. The smallest absolute Gasteiger partial charge is 0.237 e. The monoisotopic (exact) mass is 314 g/mol. The van der Waals surface area contributed by atoms with Gasteiger partial charge >= 0.3 is 0 Å². The molecule has 0 aromatic heterocycles. The third-order valence-corrected chi connectivity index (χ3v) is 4.54. The van der Waals surface area contributed by atoms with E-state index in [2.05, 4.69) is 23.5 Å². The molecule has 0 saturated carbocycles. The maximum atomic E-state index is 12.0. The Hall–Kier alpha value is -1.78. The Bertz CT molecular complexity index is 613. The van der Waals surface area contributed by atoms with Crippen LogP contribution >= 0.6 is 11.8 Å². The third kappa shape index (κ3) is 4.61. The molecule has 2 aromatic rings. The highest BCUT2D eigenvalue weighted by Crippen LogP contribution is 2.30. The number of carbonyl (C=O) groups excluding carboxylic acids is 1. The van der Waals surface area contributed by atoms with Gasteiger partial charge in [-0.3, -0.25) is 4.79 Å². The van der Waals surface area contributed by atoms with Crippen molar-refractivity contribution in [1.29, 1.82) is 0 Å². The van der Waals surface area contributed by atoms with Crippen LogP contribution in [-0.4, -0.2) is 11.9 Å². The standard InChI is InChI=1S/C18H22N2OS/c1-13(2)17(19)18(21)20-12-14-8-6-7-11-16(14)22-15-9-4-3-5-10-15/h3-11,13,17H,12,19H2,1-2H3,(H,20,21)/t17-/m0/s1. The highest BCUT2D eigenvalue weighted by molar-refractivity contribution is 7.99. The number of hydrogen-bond donors (Lipinski definition) is 2. The second-order valence-electron chi connectivity index (χ2n) is 5.51. The van der Waals surface area contributed by atoms with Crippen LogP contribution in [0, 0.1) is 5.92 Å². The lowest BCUT2D eigenvalue weighted by Crippen LogP contribution is -2.43. The first-order valence-electron chi connectivity index (χ1n) is 7.42. The minimum atomic E-state index is -0.464. The summed E-state index contributed by atoms with van der Waals surface area (Å²) in [5.41, 5.74) is 6.97. The van der Waals surface area contributed by atoms with Gasteiger partial charge in [-0.25, -0.2) is 0 Å². The van der Waals surface area contributed by atoms with Crippen LogP contribution in [0.15, 0.2) is 64.4 Å². The second-order valence-corrected chi connectivity index (χ2v) is 6.63. The third-order valence-electron chi connectivity index (χ3n) is 3.42. The molecular weight excluding hydrogens is 292 g/mol. The highest BCUT2D eigenvalue weighted by Gasteiger charge is 2.17. The van der Waals surface area contributed by atoms with Gasteiger partial charge < -0.3 is 11.1 Å². The first kappa shape index (κ1) is 16.6. The van der Waals surface area contributed by atoms with Crippen LogP contribution in [0.4, 0.5) is 0 Å². The summed E-state index contributed by atoms with van der Waals surface area (Å²) >= 11 is 1.70. The fraction of sp³-hybridized carbons (Fsp3) is 0.278. The molecule has 1 atom stereocenters. The molecule has 0 saturated heterocycles. The largest absolute Gasteiger partial charge is 0.351 e. The van der Waals surface area contributed by atoms with Gasteiger partial charge in [-0.15, -0.1) is 0 Å². The van der Waals surface area contributed by atoms with Crippen molar-refractivity contribution in [1.82, 2.24) is 5.32 Å². The fourth-order valence-electron chi connectivity index (χ4n) is 1.97. The molecule has 0 spiro atoms. The quantitative estimate of drug-likeness (QED) is 0.859. The highest BCUT2D eigenvalue weighted by atomic mass is 32.2. The van der Waals surface area contributed by atoms with Crippen LogP contribution < -0.4 is 11.1 Å². The Morgan fingerprint density at radius 1 is 1.09 bits per heavy atom. The van der Waals surface area contributed by atoms with E-state index in [4.69, 9.17) is 5.73 Å². The van der Waals surface area contributed by atoms with Crippen LogP contribution in [0.3, 0.4) is 0 Å². The van der Waals surface area contributed by atoms with Gasteiger partial charge in [0.2, 0.25) is 5.91 Å². The summed E-state index contributed by atoms with van der Waals surface area (Å²) in [5.74, 6) is 0.0310. The molecule has 4 heteroatoms. The summed E-state index contributed by atoms with van der Waals surface area (Å²) < 4.78 is 0. The van der Waals surface area contributed by atoms with Crippen molar-refractivity contribution in [2.75, 3.05) is 0 Å². The van der Waals surface area contributed by atoms with Crippen LogP contribution in [-0.2, 0) is 11.3 Å². The molecule has 3 N–H and O–H groups in total. The predicted octanol–water partition coefficient (Wildman–Crippen LogP) is 3.44. The van der Waals surface area contributed by atoms with Crippen LogP contribution in [0.25, 0.3) is 0 Å². The first-order chi connectivity index (χ1) is 10.6. The molecule has 2 aromatic carbocycles. The van der Waals surface area contributed by atoms with E-state index in [0.717, 1.165) is 10.5 Å². The van der Waals surface area contributed by atoms with Crippen LogP contribution in [0.2, 0.25) is 0 Å². The number of amides is 1. The van der Waals surface area contributed by atoms with E-state index in [-0.39, 0.29) is 11.8 Å². The second kappa shape index (κ2) is 8.01. The molecule has 2 rings (SSSR count). The molecule has 1 amide bonds. The zero-order chi connectivity index (χ0) is 15.9. The van der Waals surface area contributed by atoms with Gasteiger partial charge in [-0.05, 0) is 29.7 Å². The van der Waals surface area contributed by atoms with Crippen molar-refractivity contribution in [2.24, 2.45) is 11.7 Å². The van der Waals surface area contributed by atoms with Crippen molar-refractivity contribution >= 4 is 17.7 Å². The molecule has 3 nitrogen and oxygen atoms in total. The molecular formula is C18H22N2OS. The van der Waals surface area contributed by atoms with E-state index in [0.29, 0.717) is 6.54 Å². The summed E-state index contributed by atoms with van der Waals surface area (Å²) in [7, 11) is 0. The zero-order valence-corrected chi connectivity index (χ0v) is 13.8. The predicted molar refractivity (Wildman–Crippen MR) is 91.7 cm³/mol. The van der Waals surface area contributed by atoms with Gasteiger partial charge in [0, 0.05) is 16.3 Å². The van der Waals surface area contributed by atoms with Crippen molar-refractivity contribution in [3.05, 3.63) is 60.2 Å². The summed E-state index contributed by atoms with van der Waals surface area (Å²) in [5, 5.41) is 2.93. The SMILES string of the molecule is CC(C)[C@H](N)C(=O)NCc1ccccc1Sc1ccccc1. The summed E-state index contributed by atoms with van der Waals surface area (Å²) in [4.78, 5) is 14.3. The van der Waals surface area contributed by atoms with Crippen molar-refractivity contribution in [3.63, 3.8) is 0 Å². The summed E-state index contributed by atoms with van der Waals surface area (Å²) in [6, 6.07) is 17.8. The number of carbonyl (C=O) groups is 1. The van der Waals surface area contributed by atoms with Gasteiger partial charge in [-0.1, -0.05) is 62.0 Å². The molecule has 0 aliphatic rings. The number of rotatable bonds is 6. The number of hydrogen-bond acceptors (Lipinski definition) is 3. The number of nitrogens with one attached hydrogen (secondary N) is 1. The molecule has 22 heavy (non-hydrogen) atoms. The van der Waals surface area contributed by atoms with E-state index < -0.39 is 6.04 Å². The van der Waals surface area contributed by atoms with Gasteiger partial charge in [0.25, 0.3) is 0 Å². The molecule has 0 aliphatic heterocycles. The Morgan fingerprint density at radius 3 is 2.41 bits per heavy atom. The lowest BCUT2D eigenvalue weighted by atomic mass is 10.0. The van der Waals surface area contributed by atoms with E-state index in [1.807, 2.05) is 50.2 Å². The van der Waals surface area contributed by atoms with E-state index in [9.17, 15) is 4.79 Å². The van der Waals surface area contributed by atoms with Gasteiger partial charge in [0.15, 0.2) is 0 Å². The topological polar surface area (TPSA) is 55.1 Å². The first-order valence-corrected chi connectivity index (χ1v) is 8.23. The van der Waals surface area contributed by atoms with Gasteiger partial charge in [0.05, 0.1) is 6.04 Å². The Balaban J connectivity index is 2.04. The van der Waals surface area contributed by atoms with E-state index in [1.165, 1.54) is 4.90 Å². The van der Waals surface area contributed by atoms with Crippen LogP contribution in [0.1, 0.15) is 19.4 Å². The molecule has 0 aliphatic carbocycles. The molecule has 0 unspecified atom stereocenters. The lowest BCUT2D eigenvalue weighted by Gasteiger charge is -2.16. The normalized spacial score (nSPS) is 12.2. The molecule has 0 bridgehead atoms. The maximum absolute atomic E-state index is 12.0. The Morgan fingerprint density at radius 2 is 1.73 bits per heavy atom. The molecule has 0 fully saturated rings. The summed E-state index contributed by atoms with van der Waals surface area (Å²) in [6.45, 7) is 4.39.